The molecular weight excluding hydrogens is 120 g/mol. The van der Waals surface area contributed by atoms with Crippen LogP contribution in [0.25, 0.3) is 0 Å². The predicted molar refractivity (Wildman–Crippen MR) is 31.8 cm³/mol. The van der Waals surface area contributed by atoms with Crippen molar-refractivity contribution in [3.63, 3.8) is 0 Å². The van der Waals surface area contributed by atoms with E-state index in [9.17, 15) is 9.59 Å². The highest BCUT2D eigenvalue weighted by atomic mass is 16.2. The van der Waals surface area contributed by atoms with Crippen LogP contribution >= 0.6 is 0 Å². The maximum Gasteiger partial charge on any atom is 0.239 e. The van der Waals surface area contributed by atoms with Crippen molar-refractivity contribution in [3.8, 4) is 0 Å². The molecule has 2 amide bonds. The van der Waals surface area contributed by atoms with Crippen molar-refractivity contribution >= 4 is 11.8 Å². The van der Waals surface area contributed by atoms with Crippen molar-refractivity contribution in [1.29, 1.82) is 0 Å². The van der Waals surface area contributed by atoms with E-state index in [1.54, 1.807) is 0 Å². The van der Waals surface area contributed by atoms with Crippen molar-refractivity contribution < 1.29 is 9.59 Å². The number of carbonyl (C=O) groups excluding carboxylic acids is 2. The van der Waals surface area contributed by atoms with Gasteiger partial charge >= 0.3 is 0 Å². The third-order valence-corrected chi connectivity index (χ3v) is 0.735. The molecule has 0 aliphatic rings. The average Bonchev–Trinajstić information content (AvgIpc) is 1.64. The van der Waals surface area contributed by atoms with Gasteiger partial charge in [-0.3, -0.25) is 9.59 Å². The molecule has 0 spiro atoms. The van der Waals surface area contributed by atoms with Gasteiger partial charge in [0, 0.05) is 0 Å². The highest BCUT2D eigenvalue weighted by Gasteiger charge is 2.17. The molecule has 0 fully saturated rings. The van der Waals surface area contributed by atoms with E-state index in [0.29, 0.717) is 0 Å². The highest BCUT2D eigenvalue weighted by molar-refractivity contribution is 6.15. The van der Waals surface area contributed by atoms with Gasteiger partial charge in [0.2, 0.25) is 11.8 Å². The smallest absolute Gasteiger partial charge is 0.239 e. The number of hydrogen-bond acceptors (Lipinski definition) is 2. The number of carbonyl (C=O) groups is 2. The van der Waals surface area contributed by atoms with Crippen LogP contribution in [0.4, 0.5) is 0 Å². The van der Waals surface area contributed by atoms with E-state index in [0.717, 1.165) is 6.08 Å². The van der Waals surface area contributed by atoms with Gasteiger partial charge < -0.3 is 11.5 Å². The van der Waals surface area contributed by atoms with E-state index in [1.165, 1.54) is 0 Å². The van der Waals surface area contributed by atoms with E-state index in [4.69, 9.17) is 11.5 Å². The summed E-state index contributed by atoms with van der Waals surface area (Å²) in [5.41, 5.74) is 9.40. The molecule has 4 N–H and O–H groups in total. The van der Waals surface area contributed by atoms with Crippen molar-refractivity contribution in [1.82, 2.24) is 0 Å². The van der Waals surface area contributed by atoms with E-state index >= 15 is 0 Å². The van der Waals surface area contributed by atoms with E-state index in [1.807, 2.05) is 0 Å². The Kier molecular flexibility index (Phi) is 2.44. The van der Waals surface area contributed by atoms with Crippen molar-refractivity contribution in [3.05, 3.63) is 18.6 Å². The Labute approximate surface area is 52.5 Å². The molecule has 0 saturated carbocycles. The SMILES string of the molecule is C=C[C](C(N)=O)C(N)=O. The molecule has 1 radical (unpaired) electrons. The van der Waals surface area contributed by atoms with Gasteiger partial charge in [-0.2, -0.15) is 0 Å². The van der Waals surface area contributed by atoms with Gasteiger partial charge in [-0.1, -0.05) is 6.08 Å². The Hall–Kier alpha value is -1.32. The number of nitrogens with two attached hydrogens (primary N) is 2. The number of primary amides is 2. The van der Waals surface area contributed by atoms with Crippen molar-refractivity contribution in [2.75, 3.05) is 0 Å². The first-order valence-corrected chi connectivity index (χ1v) is 2.18. The van der Waals surface area contributed by atoms with Crippen LogP contribution in [0.15, 0.2) is 12.7 Å². The largest absolute Gasteiger partial charge is 0.368 e. The lowest BCUT2D eigenvalue weighted by molar-refractivity contribution is -0.122. The second-order valence-electron chi connectivity index (χ2n) is 1.35. The summed E-state index contributed by atoms with van der Waals surface area (Å²) in [6.07, 6.45) is 1.03. The molecule has 0 aliphatic carbocycles. The van der Waals surface area contributed by atoms with Crippen molar-refractivity contribution in [2.45, 2.75) is 0 Å². The first-order valence-electron chi connectivity index (χ1n) is 2.18. The molecule has 0 aliphatic heterocycles. The average molecular weight is 127 g/mol. The summed E-state index contributed by atoms with van der Waals surface area (Å²) >= 11 is 0. The third kappa shape index (κ3) is 1.94. The van der Waals surface area contributed by atoms with Crippen LogP contribution in [0.2, 0.25) is 0 Å². The normalized spacial score (nSPS) is 9.00. The predicted octanol–water partition coefficient (Wildman–Crippen LogP) is -1.28. The van der Waals surface area contributed by atoms with Crippen LogP contribution in [0.1, 0.15) is 0 Å². The van der Waals surface area contributed by atoms with Gasteiger partial charge in [-0.05, 0) is 0 Å². The maximum absolute atomic E-state index is 10.2. The second-order valence-corrected chi connectivity index (χ2v) is 1.35. The number of amides is 2. The zero-order valence-corrected chi connectivity index (χ0v) is 4.76. The van der Waals surface area contributed by atoms with E-state index < -0.39 is 11.8 Å². The monoisotopic (exact) mass is 127 g/mol. The second kappa shape index (κ2) is 2.86. The zero-order valence-electron chi connectivity index (χ0n) is 4.76. The summed E-state index contributed by atoms with van der Waals surface area (Å²) in [5.74, 6) is -1.97. The Morgan fingerprint density at radius 2 is 1.56 bits per heavy atom. The number of hydrogen-bond donors (Lipinski definition) is 2. The lowest BCUT2D eigenvalue weighted by Gasteiger charge is -1.97. The minimum atomic E-state index is -0.850. The summed E-state index contributed by atoms with van der Waals surface area (Å²) in [5, 5.41) is 0. The summed E-state index contributed by atoms with van der Waals surface area (Å²) in [6.45, 7) is 3.16. The van der Waals surface area contributed by atoms with Gasteiger partial charge in [-0.15, -0.1) is 6.58 Å². The van der Waals surface area contributed by atoms with Gasteiger partial charge in [0.25, 0.3) is 0 Å². The Bertz CT molecular complexity index is 139. The topological polar surface area (TPSA) is 86.2 Å². The van der Waals surface area contributed by atoms with E-state index in [2.05, 4.69) is 6.58 Å². The molecule has 9 heavy (non-hydrogen) atoms. The molecule has 0 heterocycles. The van der Waals surface area contributed by atoms with Gasteiger partial charge in [0.05, 0.1) is 0 Å². The van der Waals surface area contributed by atoms with Crippen LogP contribution < -0.4 is 11.5 Å². The fourth-order valence-electron chi connectivity index (χ4n) is 0.323. The van der Waals surface area contributed by atoms with Gasteiger partial charge in [0.15, 0.2) is 5.92 Å². The lowest BCUT2D eigenvalue weighted by atomic mass is 10.1. The summed E-state index contributed by atoms with van der Waals surface area (Å²) in [7, 11) is 0. The Balaban J connectivity index is 4.16. The highest BCUT2D eigenvalue weighted by Crippen LogP contribution is 1.95. The Morgan fingerprint density at radius 1 is 1.22 bits per heavy atom. The molecule has 4 nitrogen and oxygen atoms in total. The minimum absolute atomic E-state index is 0.269. The molecule has 0 bridgehead atoms. The molecule has 0 rings (SSSR count). The van der Waals surface area contributed by atoms with Gasteiger partial charge in [0.1, 0.15) is 0 Å². The summed E-state index contributed by atoms with van der Waals surface area (Å²) in [4.78, 5) is 20.4. The van der Waals surface area contributed by atoms with Crippen LogP contribution in [0.3, 0.4) is 0 Å². The maximum atomic E-state index is 10.2. The molecule has 0 atom stereocenters. The Morgan fingerprint density at radius 3 is 1.56 bits per heavy atom. The van der Waals surface area contributed by atoms with Crippen LogP contribution in [0, 0.1) is 5.92 Å². The standard InChI is InChI=1S/C5H7N2O2/c1-2-3(4(6)8)5(7)9/h2H,1H2,(H2,6,8)(H2,7,9). The molecule has 0 unspecified atom stereocenters. The molecule has 49 valence electrons. The zero-order chi connectivity index (χ0) is 7.44. The molecular formula is C5H7N2O2. The molecule has 0 saturated heterocycles. The summed E-state index contributed by atoms with van der Waals surface area (Å²) < 4.78 is 0. The quantitative estimate of drug-likeness (QED) is 0.462. The summed E-state index contributed by atoms with van der Waals surface area (Å²) in [6, 6.07) is 0. The fourth-order valence-corrected chi connectivity index (χ4v) is 0.323. The van der Waals surface area contributed by atoms with Crippen LogP contribution in [0.5, 0.6) is 0 Å². The third-order valence-electron chi connectivity index (χ3n) is 0.735. The number of rotatable bonds is 3. The minimum Gasteiger partial charge on any atom is -0.368 e. The van der Waals surface area contributed by atoms with Gasteiger partial charge in [-0.25, -0.2) is 0 Å². The van der Waals surface area contributed by atoms with Crippen LogP contribution in [-0.2, 0) is 9.59 Å². The first-order chi connectivity index (χ1) is 4.09. The molecule has 0 aromatic heterocycles. The van der Waals surface area contributed by atoms with E-state index in [-0.39, 0.29) is 5.92 Å². The lowest BCUT2D eigenvalue weighted by Crippen LogP contribution is -2.31. The van der Waals surface area contributed by atoms with Crippen molar-refractivity contribution in [2.24, 2.45) is 11.5 Å². The molecule has 0 aromatic carbocycles. The fraction of sp³-hybridized carbons (Fsp3) is 0. The first kappa shape index (κ1) is 7.68. The molecule has 4 heteroatoms. The van der Waals surface area contributed by atoms with Crippen LogP contribution in [-0.4, -0.2) is 11.8 Å². The molecule has 0 aromatic rings.